The molecule has 108 valence electrons. The van der Waals surface area contributed by atoms with E-state index in [9.17, 15) is 0 Å². The summed E-state index contributed by atoms with van der Waals surface area (Å²) >= 11 is 0. The molecule has 0 atom stereocenters. The van der Waals surface area contributed by atoms with E-state index in [1.165, 1.54) is 6.33 Å². The molecule has 3 heterocycles. The first-order chi connectivity index (χ1) is 10.8. The first kappa shape index (κ1) is 12.6. The van der Waals surface area contributed by atoms with E-state index in [0.717, 1.165) is 27.7 Å². The summed E-state index contributed by atoms with van der Waals surface area (Å²) in [6, 6.07) is 5.96. The maximum atomic E-state index is 4.35. The molecule has 0 fully saturated rings. The Hall–Kier alpha value is -3.13. The third kappa shape index (κ3) is 2.11. The van der Waals surface area contributed by atoms with Crippen molar-refractivity contribution in [3.63, 3.8) is 0 Å². The Morgan fingerprint density at radius 2 is 1.86 bits per heavy atom. The summed E-state index contributed by atoms with van der Waals surface area (Å²) in [5.41, 5.74) is 12.7. The monoisotopic (exact) mass is 292 g/mol. The molecule has 2 aromatic heterocycles. The van der Waals surface area contributed by atoms with Crippen LogP contribution in [-0.2, 0) is 0 Å². The fourth-order valence-electron chi connectivity index (χ4n) is 2.40. The van der Waals surface area contributed by atoms with Gasteiger partial charge in [0, 0.05) is 17.1 Å². The van der Waals surface area contributed by atoms with Crippen LogP contribution in [0.1, 0.15) is 11.3 Å². The zero-order valence-corrected chi connectivity index (χ0v) is 11.7. The molecule has 0 saturated carbocycles. The van der Waals surface area contributed by atoms with Crippen LogP contribution < -0.4 is 16.5 Å². The lowest BCUT2D eigenvalue weighted by Crippen LogP contribution is -2.35. The van der Waals surface area contributed by atoms with E-state index in [2.05, 4.69) is 47.6 Å². The lowest BCUT2D eigenvalue weighted by Gasteiger charge is -2.07. The van der Waals surface area contributed by atoms with Gasteiger partial charge in [-0.2, -0.15) is 0 Å². The van der Waals surface area contributed by atoms with Gasteiger partial charge in [0.15, 0.2) is 5.84 Å². The van der Waals surface area contributed by atoms with Gasteiger partial charge in [-0.05, 0) is 30.7 Å². The molecule has 3 aromatic rings. The van der Waals surface area contributed by atoms with Gasteiger partial charge >= 0.3 is 0 Å². The van der Waals surface area contributed by atoms with Crippen molar-refractivity contribution in [2.75, 3.05) is 0 Å². The Bertz CT molecular complexity index is 889. The van der Waals surface area contributed by atoms with Crippen LogP contribution >= 0.6 is 0 Å². The molecule has 0 unspecified atom stereocenters. The summed E-state index contributed by atoms with van der Waals surface area (Å²) in [4.78, 5) is 17.0. The number of nitrogens with one attached hydrogen (secondary N) is 3. The highest BCUT2D eigenvalue weighted by Crippen LogP contribution is 2.24. The zero-order valence-electron chi connectivity index (χ0n) is 11.7. The molecule has 0 amide bonds. The summed E-state index contributed by atoms with van der Waals surface area (Å²) in [6.07, 6.45) is 4.88. The zero-order chi connectivity index (χ0) is 14.9. The summed E-state index contributed by atoms with van der Waals surface area (Å²) in [7, 11) is 0. The van der Waals surface area contributed by atoms with Crippen LogP contribution in [0, 0.1) is 6.92 Å². The van der Waals surface area contributed by atoms with Crippen LogP contribution in [0.5, 0.6) is 0 Å². The number of hydrogen-bond acceptors (Lipinski definition) is 8. The first-order valence-electron chi connectivity index (χ1n) is 6.68. The second kappa shape index (κ2) is 5.01. The number of aryl methyl sites for hydroxylation is 1. The van der Waals surface area contributed by atoms with Gasteiger partial charge in [0.25, 0.3) is 0 Å². The smallest absolute Gasteiger partial charge is 0.189 e. The van der Waals surface area contributed by atoms with Gasteiger partial charge in [0.2, 0.25) is 0 Å². The van der Waals surface area contributed by atoms with Gasteiger partial charge < -0.3 is 0 Å². The Labute approximate surface area is 125 Å². The number of rotatable bonds is 2. The maximum Gasteiger partial charge on any atom is 0.189 e. The van der Waals surface area contributed by atoms with Gasteiger partial charge in [0.1, 0.15) is 18.3 Å². The fraction of sp³-hybridized carbons (Fsp3) is 0.0714. The molecule has 0 saturated heterocycles. The van der Waals surface area contributed by atoms with E-state index < -0.39 is 0 Å². The number of hydrazone groups is 1. The molecule has 1 aromatic carbocycles. The molecule has 0 aliphatic carbocycles. The molecule has 8 nitrogen and oxygen atoms in total. The minimum atomic E-state index is 0.615. The van der Waals surface area contributed by atoms with Crippen LogP contribution in [0.25, 0.3) is 22.2 Å². The van der Waals surface area contributed by atoms with Crippen molar-refractivity contribution in [3.05, 3.63) is 48.3 Å². The predicted molar refractivity (Wildman–Crippen MR) is 81.2 cm³/mol. The number of nitrogens with zero attached hydrogens (tertiary/aromatic N) is 5. The highest BCUT2D eigenvalue weighted by Gasteiger charge is 2.12. The second-order valence-electron chi connectivity index (χ2n) is 4.86. The van der Waals surface area contributed by atoms with Crippen molar-refractivity contribution in [2.24, 2.45) is 5.10 Å². The van der Waals surface area contributed by atoms with E-state index in [-0.39, 0.29) is 0 Å². The molecular weight excluding hydrogens is 280 g/mol. The van der Waals surface area contributed by atoms with Gasteiger partial charge in [-0.3, -0.25) is 5.43 Å². The van der Waals surface area contributed by atoms with Crippen LogP contribution in [0.3, 0.4) is 0 Å². The topological polar surface area (TPSA) is 100 Å². The van der Waals surface area contributed by atoms with Gasteiger partial charge in [0.05, 0.1) is 11.2 Å². The molecule has 4 rings (SSSR count). The van der Waals surface area contributed by atoms with E-state index in [4.69, 9.17) is 0 Å². The largest absolute Gasteiger partial charge is 0.283 e. The summed E-state index contributed by atoms with van der Waals surface area (Å²) in [6.45, 7) is 2.03. The van der Waals surface area contributed by atoms with Crippen LogP contribution in [-0.4, -0.2) is 25.8 Å². The molecule has 3 N–H and O–H groups in total. The molecule has 8 heteroatoms. The van der Waals surface area contributed by atoms with E-state index in [1.54, 1.807) is 12.5 Å². The maximum absolute atomic E-state index is 4.35. The number of hydrazine groups is 2. The minimum absolute atomic E-state index is 0.615. The van der Waals surface area contributed by atoms with E-state index in [0.29, 0.717) is 11.5 Å². The molecule has 0 bridgehead atoms. The van der Waals surface area contributed by atoms with Crippen molar-refractivity contribution in [1.29, 1.82) is 0 Å². The van der Waals surface area contributed by atoms with Crippen molar-refractivity contribution in [1.82, 2.24) is 36.4 Å². The lowest BCUT2D eigenvalue weighted by atomic mass is 10.0. The van der Waals surface area contributed by atoms with Gasteiger partial charge in [-0.25, -0.2) is 25.5 Å². The second-order valence-corrected chi connectivity index (χ2v) is 4.86. The number of benzene rings is 1. The van der Waals surface area contributed by atoms with Crippen molar-refractivity contribution >= 4 is 16.7 Å². The third-order valence-corrected chi connectivity index (χ3v) is 3.41. The van der Waals surface area contributed by atoms with Crippen molar-refractivity contribution in [2.45, 2.75) is 6.92 Å². The van der Waals surface area contributed by atoms with Gasteiger partial charge in [-0.15, -0.1) is 10.6 Å². The number of amidine groups is 1. The van der Waals surface area contributed by atoms with Crippen molar-refractivity contribution < 1.29 is 0 Å². The van der Waals surface area contributed by atoms with Crippen molar-refractivity contribution in [3.8, 4) is 11.3 Å². The molecule has 1 aliphatic heterocycles. The lowest BCUT2D eigenvalue weighted by molar-refractivity contribution is 0.577. The quantitative estimate of drug-likeness (QED) is 0.638. The standard InChI is InChI=1S/C14H12N8/c1-8-2-9(3-10-5-15-6-18-13(8)10)11-4-12(17-7-16-11)14-19-21-22-20-14/h2-7,21-22H,1H3,(H,19,20). The Morgan fingerprint density at radius 1 is 0.955 bits per heavy atom. The average molecular weight is 292 g/mol. The summed E-state index contributed by atoms with van der Waals surface area (Å²) in [5.74, 6) is 0.615. The Balaban J connectivity index is 1.83. The SMILES string of the molecule is Cc1cc(-c2cc(C3=NNNN3)ncn2)cc2cncnc12. The Morgan fingerprint density at radius 3 is 2.73 bits per heavy atom. The molecule has 0 spiro atoms. The number of aromatic nitrogens is 4. The predicted octanol–water partition coefficient (Wildman–Crippen LogP) is 0.669. The minimum Gasteiger partial charge on any atom is -0.283 e. The molecular formula is C14H12N8. The number of fused-ring (bicyclic) bond motifs is 1. The van der Waals surface area contributed by atoms with Crippen LogP contribution in [0.4, 0.5) is 0 Å². The van der Waals surface area contributed by atoms with E-state index in [1.807, 2.05) is 19.1 Å². The molecule has 1 aliphatic rings. The summed E-state index contributed by atoms with van der Waals surface area (Å²) < 4.78 is 0. The molecule has 0 radical (unpaired) electrons. The van der Waals surface area contributed by atoms with Crippen LogP contribution in [0.2, 0.25) is 0 Å². The highest BCUT2D eigenvalue weighted by atomic mass is 15.8. The average Bonchev–Trinajstić information content (AvgIpc) is 3.09. The normalized spacial score (nSPS) is 13.6. The summed E-state index contributed by atoms with van der Waals surface area (Å²) in [5, 5.41) is 5.03. The first-order valence-corrected chi connectivity index (χ1v) is 6.68. The highest BCUT2D eigenvalue weighted by molar-refractivity contribution is 5.98. The Kier molecular flexibility index (Phi) is 2.87. The third-order valence-electron chi connectivity index (χ3n) is 3.41. The fourth-order valence-corrected chi connectivity index (χ4v) is 2.40. The van der Waals surface area contributed by atoms with E-state index >= 15 is 0 Å². The molecule has 22 heavy (non-hydrogen) atoms. The number of hydrogen-bond donors (Lipinski definition) is 3. The van der Waals surface area contributed by atoms with Crippen LogP contribution in [0.15, 0.2) is 42.2 Å². The van der Waals surface area contributed by atoms with Gasteiger partial charge in [-0.1, -0.05) is 0 Å².